The van der Waals surface area contributed by atoms with Gasteiger partial charge in [0.2, 0.25) is 3.79 Å². The SMILES string of the molecule is CCC(C)=CC(O)C(Cl)(Cl)Cl. The fourth-order valence-electron chi connectivity index (χ4n) is 0.482. The summed E-state index contributed by atoms with van der Waals surface area (Å²) in [5.74, 6) is 0. The maximum Gasteiger partial charge on any atom is 0.219 e. The van der Waals surface area contributed by atoms with Gasteiger partial charge in [-0.3, -0.25) is 0 Å². The molecule has 0 aliphatic carbocycles. The van der Waals surface area contributed by atoms with Crippen LogP contribution in [0.4, 0.5) is 0 Å². The van der Waals surface area contributed by atoms with E-state index in [1.165, 1.54) is 0 Å². The van der Waals surface area contributed by atoms with E-state index in [1.54, 1.807) is 6.08 Å². The number of hydrogen-bond acceptors (Lipinski definition) is 1. The summed E-state index contributed by atoms with van der Waals surface area (Å²) in [5, 5.41) is 9.22. The van der Waals surface area contributed by atoms with Crippen LogP contribution in [0.2, 0.25) is 0 Å². The number of halogens is 3. The zero-order chi connectivity index (χ0) is 9.07. The topological polar surface area (TPSA) is 20.2 Å². The molecule has 1 N–H and O–H groups in total. The Morgan fingerprint density at radius 1 is 1.55 bits per heavy atom. The van der Waals surface area contributed by atoms with Crippen molar-refractivity contribution in [2.24, 2.45) is 0 Å². The van der Waals surface area contributed by atoms with E-state index in [4.69, 9.17) is 34.8 Å². The average Bonchev–Trinajstić information content (AvgIpc) is 1.85. The van der Waals surface area contributed by atoms with Crippen molar-refractivity contribution in [3.05, 3.63) is 11.6 Å². The fourth-order valence-corrected chi connectivity index (χ4v) is 0.671. The number of alkyl halides is 3. The predicted molar refractivity (Wildman–Crippen MR) is 50.3 cm³/mol. The summed E-state index contributed by atoms with van der Waals surface area (Å²) in [7, 11) is 0. The Balaban J connectivity index is 4.17. The largest absolute Gasteiger partial charge is 0.385 e. The molecule has 0 saturated heterocycles. The first-order valence-electron chi connectivity index (χ1n) is 3.30. The van der Waals surface area contributed by atoms with E-state index < -0.39 is 9.90 Å². The van der Waals surface area contributed by atoms with Crippen molar-refractivity contribution >= 4 is 34.8 Å². The van der Waals surface area contributed by atoms with E-state index in [9.17, 15) is 5.11 Å². The van der Waals surface area contributed by atoms with Crippen molar-refractivity contribution in [3.8, 4) is 0 Å². The van der Waals surface area contributed by atoms with Crippen LogP contribution in [0.25, 0.3) is 0 Å². The summed E-state index contributed by atoms with van der Waals surface area (Å²) in [6.07, 6.45) is 1.37. The van der Waals surface area contributed by atoms with Crippen LogP contribution in [-0.4, -0.2) is 15.0 Å². The first kappa shape index (κ1) is 11.6. The van der Waals surface area contributed by atoms with Crippen molar-refractivity contribution in [3.63, 3.8) is 0 Å². The zero-order valence-electron chi connectivity index (χ0n) is 6.44. The molecule has 1 unspecified atom stereocenters. The van der Waals surface area contributed by atoms with Gasteiger partial charge in [0.05, 0.1) is 0 Å². The minimum atomic E-state index is -1.61. The molecule has 0 saturated carbocycles. The molecule has 11 heavy (non-hydrogen) atoms. The molecular weight excluding hydrogens is 206 g/mol. The Bertz CT molecular complexity index is 148. The molecule has 0 fully saturated rings. The van der Waals surface area contributed by atoms with Gasteiger partial charge in [0.15, 0.2) is 0 Å². The van der Waals surface area contributed by atoms with Crippen molar-refractivity contribution in [1.29, 1.82) is 0 Å². The number of aliphatic hydroxyl groups is 1. The molecule has 0 bridgehead atoms. The average molecular weight is 218 g/mol. The third kappa shape index (κ3) is 4.91. The molecular formula is C7H11Cl3O. The molecule has 0 aromatic heterocycles. The number of allylic oxidation sites excluding steroid dienone is 1. The van der Waals surface area contributed by atoms with Gasteiger partial charge in [0, 0.05) is 0 Å². The van der Waals surface area contributed by atoms with E-state index in [2.05, 4.69) is 0 Å². The quantitative estimate of drug-likeness (QED) is 0.557. The minimum Gasteiger partial charge on any atom is -0.385 e. The first-order valence-corrected chi connectivity index (χ1v) is 4.43. The lowest BCUT2D eigenvalue weighted by Crippen LogP contribution is -2.22. The maximum atomic E-state index is 9.22. The van der Waals surface area contributed by atoms with Gasteiger partial charge in [-0.25, -0.2) is 0 Å². The van der Waals surface area contributed by atoms with Crippen LogP contribution >= 0.6 is 34.8 Å². The molecule has 0 aliphatic heterocycles. The van der Waals surface area contributed by atoms with E-state index >= 15 is 0 Å². The summed E-state index contributed by atoms with van der Waals surface area (Å²) < 4.78 is -1.61. The third-order valence-corrected chi connectivity index (χ3v) is 2.01. The lowest BCUT2D eigenvalue weighted by molar-refractivity contribution is 0.226. The van der Waals surface area contributed by atoms with E-state index in [0.717, 1.165) is 12.0 Å². The fraction of sp³-hybridized carbons (Fsp3) is 0.714. The molecule has 0 aromatic carbocycles. The third-order valence-electron chi connectivity index (χ3n) is 1.34. The maximum absolute atomic E-state index is 9.22. The highest BCUT2D eigenvalue weighted by Crippen LogP contribution is 2.31. The molecule has 4 heteroatoms. The van der Waals surface area contributed by atoms with Gasteiger partial charge in [0.25, 0.3) is 0 Å². The van der Waals surface area contributed by atoms with Gasteiger partial charge < -0.3 is 5.11 Å². The molecule has 0 spiro atoms. The molecule has 0 aliphatic rings. The van der Waals surface area contributed by atoms with Gasteiger partial charge in [0.1, 0.15) is 6.10 Å². The van der Waals surface area contributed by atoms with E-state index in [0.29, 0.717) is 0 Å². The van der Waals surface area contributed by atoms with Crippen LogP contribution in [0.15, 0.2) is 11.6 Å². The van der Waals surface area contributed by atoms with E-state index in [-0.39, 0.29) is 0 Å². The highest BCUT2D eigenvalue weighted by atomic mass is 35.6. The first-order chi connectivity index (χ1) is 4.88. The second-order valence-electron chi connectivity index (χ2n) is 2.35. The van der Waals surface area contributed by atoms with Gasteiger partial charge in [-0.2, -0.15) is 0 Å². The standard InChI is InChI=1S/C7H11Cl3O/c1-3-5(2)4-6(11)7(8,9)10/h4,6,11H,3H2,1-2H3. The molecule has 0 rings (SSSR count). The van der Waals surface area contributed by atoms with Gasteiger partial charge in [-0.05, 0) is 13.3 Å². The Kier molecular flexibility index (Phi) is 4.80. The Morgan fingerprint density at radius 3 is 2.27 bits per heavy atom. The second kappa shape index (κ2) is 4.56. The molecule has 66 valence electrons. The van der Waals surface area contributed by atoms with Crippen LogP contribution in [0, 0.1) is 0 Å². The molecule has 1 nitrogen and oxygen atoms in total. The highest BCUT2D eigenvalue weighted by Gasteiger charge is 2.28. The van der Waals surface area contributed by atoms with Crippen molar-refractivity contribution in [1.82, 2.24) is 0 Å². The second-order valence-corrected chi connectivity index (χ2v) is 4.72. The zero-order valence-corrected chi connectivity index (χ0v) is 8.71. The lowest BCUT2D eigenvalue weighted by Gasteiger charge is -2.15. The number of aliphatic hydroxyl groups excluding tert-OH is 1. The summed E-state index contributed by atoms with van der Waals surface area (Å²) in [6, 6.07) is 0. The molecule has 0 amide bonds. The smallest absolute Gasteiger partial charge is 0.219 e. The van der Waals surface area contributed by atoms with E-state index in [1.807, 2.05) is 13.8 Å². The summed E-state index contributed by atoms with van der Waals surface area (Å²) in [5.41, 5.74) is 1.00. The molecule has 0 radical (unpaired) electrons. The Hall–Kier alpha value is 0.570. The van der Waals surface area contributed by atoms with Crippen LogP contribution in [0.5, 0.6) is 0 Å². The molecule has 0 heterocycles. The summed E-state index contributed by atoms with van der Waals surface area (Å²) in [4.78, 5) is 0. The van der Waals surface area contributed by atoms with Crippen molar-refractivity contribution in [2.45, 2.75) is 30.2 Å². The van der Waals surface area contributed by atoms with Crippen LogP contribution in [0.3, 0.4) is 0 Å². The lowest BCUT2D eigenvalue weighted by atomic mass is 10.2. The van der Waals surface area contributed by atoms with Crippen molar-refractivity contribution in [2.75, 3.05) is 0 Å². The van der Waals surface area contributed by atoms with Crippen molar-refractivity contribution < 1.29 is 5.11 Å². The van der Waals surface area contributed by atoms with Crippen LogP contribution < -0.4 is 0 Å². The van der Waals surface area contributed by atoms with Crippen LogP contribution in [0.1, 0.15) is 20.3 Å². The van der Waals surface area contributed by atoms with Gasteiger partial charge >= 0.3 is 0 Å². The molecule has 0 aromatic rings. The van der Waals surface area contributed by atoms with Crippen LogP contribution in [-0.2, 0) is 0 Å². The number of hydrogen-bond donors (Lipinski definition) is 1. The van der Waals surface area contributed by atoms with Gasteiger partial charge in [-0.15, -0.1) is 0 Å². The Labute approximate surface area is 81.9 Å². The predicted octanol–water partition coefficient (Wildman–Crippen LogP) is 3.07. The summed E-state index contributed by atoms with van der Waals surface area (Å²) in [6.45, 7) is 3.84. The minimum absolute atomic E-state index is 0.845. The normalized spacial score (nSPS) is 16.7. The number of rotatable bonds is 2. The Morgan fingerprint density at radius 2 is 2.00 bits per heavy atom. The summed E-state index contributed by atoms with van der Waals surface area (Å²) >= 11 is 16.3. The van der Waals surface area contributed by atoms with Gasteiger partial charge in [-0.1, -0.05) is 53.4 Å². The highest BCUT2D eigenvalue weighted by molar-refractivity contribution is 6.68. The molecule has 1 atom stereocenters. The monoisotopic (exact) mass is 216 g/mol.